The fourth-order valence-electron chi connectivity index (χ4n) is 5.09. The SMILES string of the molecule is CCCc1cccc(-c2cccc(Oc3ncc(F)cc3C(=O)NC3CCC(NC(=O)c4csc(C)n4)CC3)c2)c1. The molecule has 41 heavy (non-hydrogen) atoms. The Morgan fingerprint density at radius 1 is 0.976 bits per heavy atom. The highest BCUT2D eigenvalue weighted by molar-refractivity contribution is 7.09. The lowest BCUT2D eigenvalue weighted by atomic mass is 9.91. The topological polar surface area (TPSA) is 93.2 Å². The standard InChI is InChI=1S/C32H33FN4O3S/c1-3-6-21-7-4-8-22(15-21)23-9-5-10-27(16-23)40-32-28(17-24(33)18-34-32)30(38)36-25-11-13-26(14-12-25)37-31(39)29-19-41-20(2)35-29/h4-5,7-10,15-19,25-26H,3,6,11-14H2,1-2H3,(H,36,38)(H,37,39). The molecular formula is C32H33FN4O3S. The van der Waals surface area contributed by atoms with E-state index in [1.807, 2.05) is 37.3 Å². The molecule has 4 aromatic rings. The van der Waals surface area contributed by atoms with Crippen LogP contribution in [0.3, 0.4) is 0 Å². The van der Waals surface area contributed by atoms with Gasteiger partial charge in [-0.1, -0.05) is 49.7 Å². The van der Waals surface area contributed by atoms with Gasteiger partial charge in [-0.2, -0.15) is 0 Å². The van der Waals surface area contributed by atoms with Gasteiger partial charge in [0.05, 0.1) is 11.2 Å². The fraction of sp³-hybridized carbons (Fsp3) is 0.312. The van der Waals surface area contributed by atoms with Gasteiger partial charge in [-0.05, 0) is 73.9 Å². The Morgan fingerprint density at radius 2 is 1.66 bits per heavy atom. The van der Waals surface area contributed by atoms with E-state index in [-0.39, 0.29) is 29.4 Å². The van der Waals surface area contributed by atoms with Crippen molar-refractivity contribution in [2.45, 2.75) is 64.5 Å². The van der Waals surface area contributed by atoms with E-state index in [1.54, 1.807) is 11.4 Å². The number of carbonyl (C=O) groups is 2. The number of halogens is 1. The average Bonchev–Trinajstić information content (AvgIpc) is 3.42. The number of amides is 2. The maximum atomic E-state index is 14.2. The molecule has 9 heteroatoms. The minimum Gasteiger partial charge on any atom is -0.438 e. The summed E-state index contributed by atoms with van der Waals surface area (Å²) in [6.45, 7) is 4.02. The van der Waals surface area contributed by atoms with Crippen molar-refractivity contribution in [1.29, 1.82) is 0 Å². The lowest BCUT2D eigenvalue weighted by Gasteiger charge is -2.29. The number of hydrogen-bond acceptors (Lipinski definition) is 6. The van der Waals surface area contributed by atoms with Crippen molar-refractivity contribution in [3.05, 3.63) is 93.8 Å². The molecule has 1 aliphatic carbocycles. The lowest BCUT2D eigenvalue weighted by Crippen LogP contribution is -2.44. The monoisotopic (exact) mass is 572 g/mol. The van der Waals surface area contributed by atoms with Crippen LogP contribution in [-0.2, 0) is 6.42 Å². The van der Waals surface area contributed by atoms with Crippen LogP contribution in [0.4, 0.5) is 4.39 Å². The summed E-state index contributed by atoms with van der Waals surface area (Å²) in [6, 6.07) is 17.0. The van der Waals surface area contributed by atoms with E-state index < -0.39 is 11.7 Å². The molecule has 0 radical (unpaired) electrons. The average molecular weight is 573 g/mol. The molecule has 2 amide bonds. The van der Waals surface area contributed by atoms with Crippen LogP contribution >= 0.6 is 11.3 Å². The second-order valence-electron chi connectivity index (χ2n) is 10.3. The number of carbonyl (C=O) groups excluding carboxylic acids is 2. The lowest BCUT2D eigenvalue weighted by molar-refractivity contribution is 0.0888. The molecule has 0 bridgehead atoms. The smallest absolute Gasteiger partial charge is 0.270 e. The molecule has 0 atom stereocenters. The van der Waals surface area contributed by atoms with Crippen molar-refractivity contribution in [2.75, 3.05) is 0 Å². The van der Waals surface area contributed by atoms with Gasteiger partial charge >= 0.3 is 0 Å². The molecule has 0 unspecified atom stereocenters. The van der Waals surface area contributed by atoms with Crippen LogP contribution in [0.1, 0.15) is 70.4 Å². The first-order valence-corrected chi connectivity index (χ1v) is 14.8. The molecule has 0 aliphatic heterocycles. The van der Waals surface area contributed by atoms with Gasteiger partial charge in [0.2, 0.25) is 5.88 Å². The molecule has 0 spiro atoms. The molecule has 212 valence electrons. The van der Waals surface area contributed by atoms with E-state index in [0.717, 1.165) is 54.1 Å². The maximum Gasteiger partial charge on any atom is 0.270 e. The first-order chi connectivity index (χ1) is 19.9. The molecule has 1 aliphatic rings. The highest BCUT2D eigenvalue weighted by Crippen LogP contribution is 2.29. The van der Waals surface area contributed by atoms with Crippen LogP contribution in [0.5, 0.6) is 11.6 Å². The predicted molar refractivity (Wildman–Crippen MR) is 158 cm³/mol. The summed E-state index contributed by atoms with van der Waals surface area (Å²) in [7, 11) is 0. The van der Waals surface area contributed by atoms with E-state index >= 15 is 0 Å². The Balaban J connectivity index is 1.22. The molecule has 2 aromatic heterocycles. The summed E-state index contributed by atoms with van der Waals surface area (Å²) >= 11 is 1.44. The van der Waals surface area contributed by atoms with Crippen molar-refractivity contribution in [3.8, 4) is 22.8 Å². The van der Waals surface area contributed by atoms with Gasteiger partial charge in [0, 0.05) is 17.5 Å². The third kappa shape index (κ3) is 7.35. The van der Waals surface area contributed by atoms with E-state index in [1.165, 1.54) is 16.9 Å². The van der Waals surface area contributed by atoms with Crippen molar-refractivity contribution in [3.63, 3.8) is 0 Å². The Hall–Kier alpha value is -4.11. The van der Waals surface area contributed by atoms with E-state index in [0.29, 0.717) is 24.3 Å². The molecule has 2 aromatic carbocycles. The van der Waals surface area contributed by atoms with Crippen molar-refractivity contribution in [2.24, 2.45) is 0 Å². The number of hydrogen-bond donors (Lipinski definition) is 2. The predicted octanol–water partition coefficient (Wildman–Crippen LogP) is 6.87. The number of nitrogens with one attached hydrogen (secondary N) is 2. The Morgan fingerprint density at radius 3 is 2.34 bits per heavy atom. The number of benzene rings is 2. The Kier molecular flexibility index (Phi) is 9.04. The zero-order chi connectivity index (χ0) is 28.8. The first-order valence-electron chi connectivity index (χ1n) is 13.9. The molecule has 7 nitrogen and oxygen atoms in total. The maximum absolute atomic E-state index is 14.2. The first kappa shape index (κ1) is 28.4. The summed E-state index contributed by atoms with van der Waals surface area (Å²) in [5.74, 6) is -0.691. The molecule has 2 heterocycles. The molecule has 1 fully saturated rings. The number of aromatic nitrogens is 2. The van der Waals surface area contributed by atoms with Gasteiger partial charge in [0.1, 0.15) is 22.8 Å². The molecule has 0 saturated heterocycles. The summed E-state index contributed by atoms with van der Waals surface area (Å²) in [6.07, 6.45) is 5.93. The summed E-state index contributed by atoms with van der Waals surface area (Å²) in [5, 5.41) is 8.64. The van der Waals surface area contributed by atoms with Crippen molar-refractivity contribution in [1.82, 2.24) is 20.6 Å². The largest absolute Gasteiger partial charge is 0.438 e. The Bertz CT molecular complexity index is 1530. The zero-order valence-corrected chi connectivity index (χ0v) is 24.0. The van der Waals surface area contributed by atoms with E-state index in [2.05, 4.69) is 39.7 Å². The number of ether oxygens (including phenoxy) is 1. The second-order valence-corrected chi connectivity index (χ2v) is 11.4. The third-order valence-electron chi connectivity index (χ3n) is 7.16. The summed E-state index contributed by atoms with van der Waals surface area (Å²) in [4.78, 5) is 34.0. The van der Waals surface area contributed by atoms with Crippen LogP contribution in [0.15, 0.2) is 66.2 Å². The van der Waals surface area contributed by atoms with Gasteiger partial charge in [0.15, 0.2) is 0 Å². The van der Waals surface area contributed by atoms with Crippen molar-refractivity contribution < 1.29 is 18.7 Å². The summed E-state index contributed by atoms with van der Waals surface area (Å²) in [5.41, 5.74) is 3.78. The van der Waals surface area contributed by atoms with Gasteiger partial charge < -0.3 is 15.4 Å². The van der Waals surface area contributed by atoms with Crippen LogP contribution in [0, 0.1) is 12.7 Å². The van der Waals surface area contributed by atoms with Gasteiger partial charge in [-0.3, -0.25) is 9.59 Å². The fourth-order valence-corrected chi connectivity index (χ4v) is 5.68. The molecule has 5 rings (SSSR count). The summed E-state index contributed by atoms with van der Waals surface area (Å²) < 4.78 is 20.2. The van der Waals surface area contributed by atoms with Gasteiger partial charge in [0.25, 0.3) is 11.8 Å². The van der Waals surface area contributed by atoms with Crippen LogP contribution in [0.2, 0.25) is 0 Å². The van der Waals surface area contributed by atoms with Crippen molar-refractivity contribution >= 4 is 23.2 Å². The quantitative estimate of drug-likeness (QED) is 0.228. The molecule has 1 saturated carbocycles. The Labute approximate surface area is 243 Å². The van der Waals surface area contributed by atoms with Crippen LogP contribution in [0.25, 0.3) is 11.1 Å². The van der Waals surface area contributed by atoms with Crippen LogP contribution < -0.4 is 15.4 Å². The molecular weight excluding hydrogens is 539 g/mol. The zero-order valence-electron chi connectivity index (χ0n) is 23.2. The number of nitrogens with zero attached hydrogens (tertiary/aromatic N) is 2. The van der Waals surface area contributed by atoms with Crippen LogP contribution in [-0.4, -0.2) is 33.9 Å². The number of thiazole rings is 1. The van der Waals surface area contributed by atoms with E-state index in [9.17, 15) is 14.0 Å². The second kappa shape index (κ2) is 13.0. The minimum atomic E-state index is -0.618. The normalized spacial score (nSPS) is 16.7. The highest BCUT2D eigenvalue weighted by atomic mass is 32.1. The van der Waals surface area contributed by atoms with Gasteiger partial charge in [-0.25, -0.2) is 14.4 Å². The third-order valence-corrected chi connectivity index (χ3v) is 7.93. The number of rotatable bonds is 9. The van der Waals surface area contributed by atoms with E-state index in [4.69, 9.17) is 4.74 Å². The molecule has 2 N–H and O–H groups in total. The minimum absolute atomic E-state index is 0.0160. The van der Waals surface area contributed by atoms with Gasteiger partial charge in [-0.15, -0.1) is 11.3 Å². The highest BCUT2D eigenvalue weighted by Gasteiger charge is 2.26. The number of pyridine rings is 1. The number of aryl methyl sites for hydroxylation is 2.